The highest BCUT2D eigenvalue weighted by atomic mass is 19.1. The molecule has 23 heavy (non-hydrogen) atoms. The van der Waals surface area contributed by atoms with Gasteiger partial charge in [0, 0.05) is 18.9 Å². The van der Waals surface area contributed by atoms with Crippen LogP contribution in [0, 0.1) is 11.2 Å². The Bertz CT molecular complexity index is 624. The lowest BCUT2D eigenvalue weighted by Gasteiger charge is -2.44. The zero-order valence-corrected chi connectivity index (χ0v) is 13.2. The predicted octanol–water partition coefficient (Wildman–Crippen LogP) is 2.25. The number of hydrogen-bond acceptors (Lipinski definition) is 4. The summed E-state index contributed by atoms with van der Waals surface area (Å²) in [6.45, 7) is 1.93. The van der Waals surface area contributed by atoms with Crippen LogP contribution in [0.3, 0.4) is 0 Å². The van der Waals surface area contributed by atoms with Crippen LogP contribution in [0.4, 0.5) is 4.39 Å². The van der Waals surface area contributed by atoms with Crippen LogP contribution in [0.2, 0.25) is 0 Å². The monoisotopic (exact) mass is 316 g/mol. The number of nitrogens with zero attached hydrogens (tertiary/aromatic N) is 2. The van der Waals surface area contributed by atoms with Crippen LogP contribution in [0.15, 0.2) is 48.8 Å². The molecule has 5 heteroatoms. The summed E-state index contributed by atoms with van der Waals surface area (Å²) in [5.74, 6) is -0.249. The van der Waals surface area contributed by atoms with Crippen molar-refractivity contribution < 1.29 is 14.2 Å². The smallest absolute Gasteiger partial charge is 0.123 e. The summed E-state index contributed by atoms with van der Waals surface area (Å²) in [6.07, 6.45) is 3.56. The van der Waals surface area contributed by atoms with Crippen LogP contribution < -0.4 is 0 Å². The van der Waals surface area contributed by atoms with E-state index in [1.165, 1.54) is 12.1 Å². The first-order chi connectivity index (χ1) is 11.1. The van der Waals surface area contributed by atoms with Crippen molar-refractivity contribution in [3.63, 3.8) is 0 Å². The SMILES string of the molecule is CN(CC1(CO)COC1)C(c1ccc(F)cc1)c1cccnc1. The summed E-state index contributed by atoms with van der Waals surface area (Å²) in [6, 6.07) is 10.4. The van der Waals surface area contributed by atoms with Gasteiger partial charge in [-0.2, -0.15) is 0 Å². The predicted molar refractivity (Wildman–Crippen MR) is 85.4 cm³/mol. The van der Waals surface area contributed by atoms with Gasteiger partial charge < -0.3 is 9.84 Å². The molecule has 1 aliphatic rings. The molecule has 2 heterocycles. The van der Waals surface area contributed by atoms with Gasteiger partial charge in [0.1, 0.15) is 5.82 Å². The quantitative estimate of drug-likeness (QED) is 0.888. The molecule has 1 aromatic heterocycles. The second kappa shape index (κ2) is 6.74. The highest BCUT2D eigenvalue weighted by molar-refractivity contribution is 5.30. The Kier molecular flexibility index (Phi) is 4.71. The highest BCUT2D eigenvalue weighted by Crippen LogP contribution is 2.33. The van der Waals surface area contributed by atoms with Crippen molar-refractivity contribution in [2.24, 2.45) is 5.41 Å². The molecule has 122 valence electrons. The third kappa shape index (κ3) is 3.42. The van der Waals surface area contributed by atoms with E-state index in [0.717, 1.165) is 11.1 Å². The van der Waals surface area contributed by atoms with Crippen molar-refractivity contribution in [3.05, 3.63) is 65.7 Å². The Morgan fingerprint density at radius 2 is 2.00 bits per heavy atom. The van der Waals surface area contributed by atoms with E-state index in [2.05, 4.69) is 9.88 Å². The van der Waals surface area contributed by atoms with Gasteiger partial charge in [0.25, 0.3) is 0 Å². The molecule has 1 aliphatic heterocycles. The molecule has 3 rings (SSSR count). The van der Waals surface area contributed by atoms with Gasteiger partial charge in [-0.3, -0.25) is 9.88 Å². The maximum Gasteiger partial charge on any atom is 0.123 e. The van der Waals surface area contributed by atoms with Crippen molar-refractivity contribution in [2.45, 2.75) is 6.04 Å². The fraction of sp³-hybridized carbons (Fsp3) is 0.389. The van der Waals surface area contributed by atoms with Gasteiger partial charge in [-0.25, -0.2) is 4.39 Å². The zero-order chi connectivity index (χ0) is 16.3. The highest BCUT2D eigenvalue weighted by Gasteiger charge is 2.40. The van der Waals surface area contributed by atoms with Crippen molar-refractivity contribution in [3.8, 4) is 0 Å². The summed E-state index contributed by atoms with van der Waals surface area (Å²) in [4.78, 5) is 6.38. The average Bonchev–Trinajstić information content (AvgIpc) is 2.54. The first-order valence-electron chi connectivity index (χ1n) is 7.68. The molecule has 2 aromatic rings. The second-order valence-corrected chi connectivity index (χ2v) is 6.31. The molecule has 1 N–H and O–H groups in total. The largest absolute Gasteiger partial charge is 0.396 e. The maximum absolute atomic E-state index is 13.3. The topological polar surface area (TPSA) is 45.6 Å². The van der Waals surface area contributed by atoms with Crippen LogP contribution in [-0.4, -0.2) is 48.4 Å². The zero-order valence-electron chi connectivity index (χ0n) is 13.2. The number of benzene rings is 1. The number of ether oxygens (including phenoxy) is 1. The number of pyridine rings is 1. The van der Waals surface area contributed by atoms with Gasteiger partial charge in [-0.05, 0) is 36.4 Å². The Labute approximate surface area is 135 Å². The molecule has 0 aliphatic carbocycles. The van der Waals surface area contributed by atoms with Crippen LogP contribution >= 0.6 is 0 Å². The standard InChI is InChI=1S/C18H21FN2O2/c1-21(10-18(11-22)12-23-13-18)17(15-3-2-8-20-9-15)14-4-6-16(19)7-5-14/h2-9,17,22H,10-13H2,1H3. The average molecular weight is 316 g/mol. The van der Waals surface area contributed by atoms with Crippen molar-refractivity contribution in [2.75, 3.05) is 33.4 Å². The van der Waals surface area contributed by atoms with Gasteiger partial charge >= 0.3 is 0 Å². The molecule has 0 amide bonds. The Morgan fingerprint density at radius 3 is 2.52 bits per heavy atom. The normalized spacial score (nSPS) is 17.7. The van der Waals surface area contributed by atoms with Crippen molar-refractivity contribution >= 4 is 0 Å². The lowest BCUT2D eigenvalue weighted by Crippen LogP contribution is -2.53. The number of aliphatic hydroxyl groups excluding tert-OH is 1. The van der Waals surface area contributed by atoms with Crippen molar-refractivity contribution in [1.82, 2.24) is 9.88 Å². The number of hydrogen-bond donors (Lipinski definition) is 1. The number of aromatic nitrogens is 1. The number of halogens is 1. The molecule has 1 atom stereocenters. The van der Waals surface area contributed by atoms with Crippen LogP contribution in [-0.2, 0) is 4.74 Å². The third-order valence-electron chi connectivity index (χ3n) is 4.36. The van der Waals surface area contributed by atoms with Crippen LogP contribution in [0.25, 0.3) is 0 Å². The third-order valence-corrected chi connectivity index (χ3v) is 4.36. The van der Waals surface area contributed by atoms with E-state index in [1.54, 1.807) is 18.3 Å². The minimum Gasteiger partial charge on any atom is -0.396 e. The second-order valence-electron chi connectivity index (χ2n) is 6.31. The maximum atomic E-state index is 13.3. The van der Waals surface area contributed by atoms with E-state index < -0.39 is 0 Å². The molecule has 0 radical (unpaired) electrons. The Balaban J connectivity index is 1.90. The van der Waals surface area contributed by atoms with Crippen LogP contribution in [0.5, 0.6) is 0 Å². The van der Waals surface area contributed by atoms with Gasteiger partial charge in [-0.15, -0.1) is 0 Å². The molecule has 4 nitrogen and oxygen atoms in total. The van der Waals surface area contributed by atoms with Gasteiger partial charge in [0.2, 0.25) is 0 Å². The van der Waals surface area contributed by atoms with E-state index in [1.807, 2.05) is 25.4 Å². The minimum atomic E-state index is -0.249. The van der Waals surface area contributed by atoms with E-state index in [4.69, 9.17) is 4.74 Å². The van der Waals surface area contributed by atoms with Gasteiger partial charge in [0.15, 0.2) is 0 Å². The molecule has 1 fully saturated rings. The molecule has 1 aromatic carbocycles. The summed E-state index contributed by atoms with van der Waals surface area (Å²) < 4.78 is 18.6. The molecular formula is C18H21FN2O2. The summed E-state index contributed by atoms with van der Waals surface area (Å²) in [7, 11) is 2.01. The first kappa shape index (κ1) is 16.1. The Hall–Kier alpha value is -1.82. The summed E-state index contributed by atoms with van der Waals surface area (Å²) >= 11 is 0. The molecule has 1 saturated heterocycles. The molecular weight excluding hydrogens is 295 g/mol. The van der Waals surface area contributed by atoms with E-state index in [0.29, 0.717) is 19.8 Å². The van der Waals surface area contributed by atoms with Gasteiger partial charge in [0.05, 0.1) is 31.3 Å². The fourth-order valence-electron chi connectivity index (χ4n) is 3.13. The molecule has 1 unspecified atom stereocenters. The summed E-state index contributed by atoms with van der Waals surface area (Å²) in [5.41, 5.74) is 1.82. The Morgan fingerprint density at radius 1 is 1.26 bits per heavy atom. The lowest BCUT2D eigenvalue weighted by molar-refractivity contribution is -0.148. The molecule has 0 spiro atoms. The van der Waals surface area contributed by atoms with E-state index in [9.17, 15) is 9.50 Å². The number of rotatable bonds is 6. The minimum absolute atomic E-state index is 0.0478. The van der Waals surface area contributed by atoms with Gasteiger partial charge in [-0.1, -0.05) is 18.2 Å². The van der Waals surface area contributed by atoms with E-state index >= 15 is 0 Å². The lowest BCUT2D eigenvalue weighted by atomic mass is 9.85. The molecule has 0 saturated carbocycles. The van der Waals surface area contributed by atoms with E-state index in [-0.39, 0.29) is 23.9 Å². The first-order valence-corrected chi connectivity index (χ1v) is 7.68. The fourth-order valence-corrected chi connectivity index (χ4v) is 3.13. The number of aliphatic hydroxyl groups is 1. The summed E-state index contributed by atoms with van der Waals surface area (Å²) in [5, 5.41) is 9.68. The van der Waals surface area contributed by atoms with Crippen molar-refractivity contribution in [1.29, 1.82) is 0 Å². The van der Waals surface area contributed by atoms with Crippen LogP contribution in [0.1, 0.15) is 17.2 Å². The molecule has 0 bridgehead atoms.